The van der Waals surface area contributed by atoms with Crippen LogP contribution in [0.15, 0.2) is 0 Å². The average Bonchev–Trinajstić information content (AvgIpc) is 2.51. The Bertz CT molecular complexity index is 222. The lowest BCUT2D eigenvalue weighted by Crippen LogP contribution is -2.40. The largest absolute Gasteiger partial charge is 0.350 e. The molecule has 1 saturated heterocycles. The molecular weight excluding hydrogens is 260 g/mol. The molecule has 0 saturated carbocycles. The fraction of sp³-hybridized carbons (Fsp3) is 1.00. The van der Waals surface area contributed by atoms with Gasteiger partial charge in [0, 0.05) is 12.8 Å². The van der Waals surface area contributed by atoms with Gasteiger partial charge in [0.15, 0.2) is 5.79 Å². The third-order valence-corrected chi connectivity index (χ3v) is 4.59. The molecule has 0 atom stereocenters. The van der Waals surface area contributed by atoms with Crippen molar-refractivity contribution in [2.24, 2.45) is 0 Å². The Morgan fingerprint density at radius 2 is 1.05 bits per heavy atom. The van der Waals surface area contributed by atoms with Crippen LogP contribution in [-0.2, 0) is 9.47 Å². The fourth-order valence-electron chi connectivity index (χ4n) is 3.20. The second-order valence-electron chi connectivity index (χ2n) is 6.64. The molecule has 0 aromatic heterocycles. The second kappa shape index (κ2) is 12.5. The van der Waals surface area contributed by atoms with Crippen molar-refractivity contribution in [1.82, 2.24) is 0 Å². The van der Waals surface area contributed by atoms with E-state index in [1.54, 1.807) is 0 Å². The van der Waals surface area contributed by atoms with Gasteiger partial charge >= 0.3 is 0 Å². The van der Waals surface area contributed by atoms with Gasteiger partial charge in [-0.2, -0.15) is 0 Å². The summed E-state index contributed by atoms with van der Waals surface area (Å²) >= 11 is 0. The normalized spacial score (nSPS) is 18.0. The molecule has 0 N–H and O–H groups in total. The zero-order chi connectivity index (χ0) is 15.2. The Hall–Kier alpha value is -0.0800. The Morgan fingerprint density at radius 3 is 1.62 bits per heavy atom. The standard InChI is InChI=1S/C19H38O2/c1-3-5-7-8-9-10-11-13-16-19(15-12-6-4-2)20-17-14-18-21-19/h3-18H2,1-2H3. The summed E-state index contributed by atoms with van der Waals surface area (Å²) in [5.41, 5.74) is 0. The van der Waals surface area contributed by atoms with Crippen molar-refractivity contribution >= 4 is 0 Å². The van der Waals surface area contributed by atoms with E-state index in [-0.39, 0.29) is 5.79 Å². The molecule has 0 aromatic carbocycles. The van der Waals surface area contributed by atoms with Crippen molar-refractivity contribution in [3.05, 3.63) is 0 Å². The number of unbranched alkanes of at least 4 members (excludes halogenated alkanes) is 9. The lowest BCUT2D eigenvalue weighted by atomic mass is 9.98. The van der Waals surface area contributed by atoms with Gasteiger partial charge in [-0.25, -0.2) is 0 Å². The van der Waals surface area contributed by atoms with Gasteiger partial charge in [-0.3, -0.25) is 0 Å². The topological polar surface area (TPSA) is 18.5 Å². The van der Waals surface area contributed by atoms with Crippen LogP contribution in [0.1, 0.15) is 104 Å². The first-order valence-corrected chi connectivity index (χ1v) is 9.61. The summed E-state index contributed by atoms with van der Waals surface area (Å²) in [6.07, 6.45) is 18.1. The van der Waals surface area contributed by atoms with E-state index in [0.29, 0.717) is 0 Å². The van der Waals surface area contributed by atoms with E-state index >= 15 is 0 Å². The molecule has 0 aliphatic carbocycles. The minimum absolute atomic E-state index is 0.227. The van der Waals surface area contributed by atoms with Gasteiger partial charge < -0.3 is 9.47 Å². The highest BCUT2D eigenvalue weighted by molar-refractivity contribution is 4.73. The number of hydrogen-bond donors (Lipinski definition) is 0. The smallest absolute Gasteiger partial charge is 0.168 e. The molecule has 1 rings (SSSR count). The van der Waals surface area contributed by atoms with E-state index in [1.165, 1.54) is 70.6 Å². The Kier molecular flexibility index (Phi) is 11.3. The molecule has 1 aliphatic heterocycles. The molecule has 0 radical (unpaired) electrons. The second-order valence-corrected chi connectivity index (χ2v) is 6.64. The molecule has 0 amide bonds. The van der Waals surface area contributed by atoms with E-state index in [0.717, 1.165) is 32.5 Å². The maximum Gasteiger partial charge on any atom is 0.168 e. The summed E-state index contributed by atoms with van der Waals surface area (Å²) in [6.45, 7) is 6.32. The molecule has 1 heterocycles. The molecule has 0 unspecified atom stereocenters. The van der Waals surface area contributed by atoms with Crippen molar-refractivity contribution in [3.63, 3.8) is 0 Å². The van der Waals surface area contributed by atoms with Crippen LogP contribution in [0.3, 0.4) is 0 Å². The van der Waals surface area contributed by atoms with Crippen molar-refractivity contribution in [3.8, 4) is 0 Å². The van der Waals surface area contributed by atoms with Gasteiger partial charge in [-0.1, -0.05) is 71.6 Å². The summed E-state index contributed by atoms with van der Waals surface area (Å²) in [7, 11) is 0. The molecule has 1 fully saturated rings. The Morgan fingerprint density at radius 1 is 0.619 bits per heavy atom. The van der Waals surface area contributed by atoms with Crippen LogP contribution < -0.4 is 0 Å². The van der Waals surface area contributed by atoms with Crippen molar-refractivity contribution in [1.29, 1.82) is 0 Å². The first kappa shape index (κ1) is 19.0. The SMILES string of the molecule is CCCCCCCCCCC1(CCCCC)OCCCO1. The van der Waals surface area contributed by atoms with E-state index in [4.69, 9.17) is 9.47 Å². The van der Waals surface area contributed by atoms with Crippen LogP contribution in [0.5, 0.6) is 0 Å². The zero-order valence-electron chi connectivity index (χ0n) is 14.6. The fourth-order valence-corrected chi connectivity index (χ4v) is 3.20. The minimum atomic E-state index is -0.227. The molecule has 2 nitrogen and oxygen atoms in total. The molecule has 2 heteroatoms. The molecule has 1 aliphatic rings. The van der Waals surface area contributed by atoms with Gasteiger partial charge in [0.1, 0.15) is 0 Å². The van der Waals surface area contributed by atoms with Gasteiger partial charge in [-0.05, 0) is 19.3 Å². The summed E-state index contributed by atoms with van der Waals surface area (Å²) in [6, 6.07) is 0. The summed E-state index contributed by atoms with van der Waals surface area (Å²) < 4.78 is 12.1. The van der Waals surface area contributed by atoms with Gasteiger partial charge in [0.2, 0.25) is 0 Å². The van der Waals surface area contributed by atoms with Crippen LogP contribution in [0.25, 0.3) is 0 Å². The summed E-state index contributed by atoms with van der Waals surface area (Å²) in [4.78, 5) is 0. The first-order chi connectivity index (χ1) is 10.3. The highest BCUT2D eigenvalue weighted by Gasteiger charge is 2.33. The molecule has 0 aromatic rings. The van der Waals surface area contributed by atoms with Crippen molar-refractivity contribution in [2.45, 2.75) is 110 Å². The maximum atomic E-state index is 6.05. The quantitative estimate of drug-likeness (QED) is 0.375. The zero-order valence-corrected chi connectivity index (χ0v) is 14.6. The molecule has 21 heavy (non-hydrogen) atoms. The van der Waals surface area contributed by atoms with Crippen LogP contribution in [0.2, 0.25) is 0 Å². The monoisotopic (exact) mass is 298 g/mol. The lowest BCUT2D eigenvalue weighted by Gasteiger charge is -2.37. The predicted octanol–water partition coefficient (Wildman–Crippen LogP) is 6.23. The first-order valence-electron chi connectivity index (χ1n) is 9.61. The van der Waals surface area contributed by atoms with E-state index < -0.39 is 0 Å². The highest BCUT2D eigenvalue weighted by Crippen LogP contribution is 2.31. The van der Waals surface area contributed by atoms with Crippen molar-refractivity contribution < 1.29 is 9.47 Å². The lowest BCUT2D eigenvalue weighted by molar-refractivity contribution is -0.274. The third-order valence-electron chi connectivity index (χ3n) is 4.59. The van der Waals surface area contributed by atoms with Crippen molar-refractivity contribution in [2.75, 3.05) is 13.2 Å². The maximum absolute atomic E-state index is 6.05. The average molecular weight is 299 g/mol. The Labute approximate surface area is 133 Å². The predicted molar refractivity (Wildman–Crippen MR) is 90.6 cm³/mol. The van der Waals surface area contributed by atoms with Crippen LogP contribution in [0.4, 0.5) is 0 Å². The highest BCUT2D eigenvalue weighted by atomic mass is 16.7. The van der Waals surface area contributed by atoms with Gasteiger partial charge in [0.25, 0.3) is 0 Å². The van der Waals surface area contributed by atoms with Gasteiger partial charge in [-0.15, -0.1) is 0 Å². The molecular formula is C19H38O2. The third kappa shape index (κ3) is 8.83. The van der Waals surface area contributed by atoms with E-state index in [9.17, 15) is 0 Å². The molecule has 0 spiro atoms. The van der Waals surface area contributed by atoms with E-state index in [1.807, 2.05) is 0 Å². The van der Waals surface area contributed by atoms with Crippen LogP contribution in [0, 0.1) is 0 Å². The number of rotatable bonds is 13. The van der Waals surface area contributed by atoms with Crippen LogP contribution >= 0.6 is 0 Å². The summed E-state index contributed by atoms with van der Waals surface area (Å²) in [5.74, 6) is -0.227. The Balaban J connectivity index is 2.11. The van der Waals surface area contributed by atoms with Gasteiger partial charge in [0.05, 0.1) is 13.2 Å². The van der Waals surface area contributed by atoms with Crippen LogP contribution in [-0.4, -0.2) is 19.0 Å². The van der Waals surface area contributed by atoms with E-state index in [2.05, 4.69) is 13.8 Å². The number of ether oxygens (including phenoxy) is 2. The minimum Gasteiger partial charge on any atom is -0.350 e. The molecule has 126 valence electrons. The number of hydrogen-bond acceptors (Lipinski definition) is 2. The molecule has 0 bridgehead atoms. The summed E-state index contributed by atoms with van der Waals surface area (Å²) in [5, 5.41) is 0.